The second kappa shape index (κ2) is 6.09. The SMILES string of the molecule is Cc1ccc(C(=O)NCCc2cccc(F)c2)cn1. The molecule has 98 valence electrons. The van der Waals surface area contributed by atoms with Crippen molar-refractivity contribution < 1.29 is 9.18 Å². The number of carbonyl (C=O) groups excluding carboxylic acids is 1. The Labute approximate surface area is 111 Å². The third-order valence-electron chi connectivity index (χ3n) is 2.76. The lowest BCUT2D eigenvalue weighted by molar-refractivity contribution is 0.0954. The molecule has 1 heterocycles. The van der Waals surface area contributed by atoms with Crippen molar-refractivity contribution in [2.75, 3.05) is 6.54 Å². The molecule has 1 aromatic heterocycles. The van der Waals surface area contributed by atoms with E-state index in [1.165, 1.54) is 12.1 Å². The van der Waals surface area contributed by atoms with Gasteiger partial charge in [-0.3, -0.25) is 9.78 Å². The summed E-state index contributed by atoms with van der Waals surface area (Å²) in [5.41, 5.74) is 2.27. The molecule has 1 aromatic carbocycles. The lowest BCUT2D eigenvalue weighted by Crippen LogP contribution is -2.25. The van der Waals surface area contributed by atoms with Gasteiger partial charge in [0.25, 0.3) is 5.91 Å². The molecule has 2 aromatic rings. The highest BCUT2D eigenvalue weighted by Gasteiger charge is 2.04. The number of hydrogen-bond donors (Lipinski definition) is 1. The van der Waals surface area contributed by atoms with Crippen molar-refractivity contribution in [1.29, 1.82) is 0 Å². The minimum atomic E-state index is -0.258. The van der Waals surface area contributed by atoms with Crippen LogP contribution in [-0.4, -0.2) is 17.4 Å². The fraction of sp³-hybridized carbons (Fsp3) is 0.200. The first-order chi connectivity index (χ1) is 9.15. The smallest absolute Gasteiger partial charge is 0.252 e. The highest BCUT2D eigenvalue weighted by molar-refractivity contribution is 5.93. The summed E-state index contributed by atoms with van der Waals surface area (Å²) in [6.07, 6.45) is 2.15. The van der Waals surface area contributed by atoms with Gasteiger partial charge in [-0.05, 0) is 43.2 Å². The van der Waals surface area contributed by atoms with E-state index in [0.717, 1.165) is 11.3 Å². The molecule has 0 bridgehead atoms. The van der Waals surface area contributed by atoms with E-state index in [1.807, 2.05) is 13.0 Å². The van der Waals surface area contributed by atoms with Crippen LogP contribution in [0.25, 0.3) is 0 Å². The molecule has 3 nitrogen and oxygen atoms in total. The van der Waals surface area contributed by atoms with E-state index in [-0.39, 0.29) is 11.7 Å². The maximum Gasteiger partial charge on any atom is 0.252 e. The van der Waals surface area contributed by atoms with Crippen molar-refractivity contribution in [2.24, 2.45) is 0 Å². The molecule has 4 heteroatoms. The average Bonchev–Trinajstić information content (AvgIpc) is 2.39. The number of aryl methyl sites for hydroxylation is 1. The van der Waals surface area contributed by atoms with Gasteiger partial charge >= 0.3 is 0 Å². The summed E-state index contributed by atoms with van der Waals surface area (Å²) in [7, 11) is 0. The quantitative estimate of drug-likeness (QED) is 0.915. The number of pyridine rings is 1. The molecule has 0 spiro atoms. The van der Waals surface area contributed by atoms with Crippen LogP contribution in [0.2, 0.25) is 0 Å². The fourth-order valence-electron chi connectivity index (χ4n) is 1.72. The summed E-state index contributed by atoms with van der Waals surface area (Å²) in [5, 5.41) is 2.78. The Bertz CT molecular complexity index is 567. The maximum atomic E-state index is 13.0. The molecule has 0 fully saturated rings. The number of hydrogen-bond acceptors (Lipinski definition) is 2. The van der Waals surface area contributed by atoms with Crippen molar-refractivity contribution >= 4 is 5.91 Å². The number of halogens is 1. The normalized spacial score (nSPS) is 10.2. The first-order valence-corrected chi connectivity index (χ1v) is 6.10. The van der Waals surface area contributed by atoms with Crippen LogP contribution >= 0.6 is 0 Å². The molecule has 0 saturated carbocycles. The lowest BCUT2D eigenvalue weighted by atomic mass is 10.1. The summed E-state index contributed by atoms with van der Waals surface area (Å²) in [6, 6.07) is 9.90. The van der Waals surface area contributed by atoms with Crippen LogP contribution < -0.4 is 5.32 Å². The molecule has 1 amide bonds. The molecule has 19 heavy (non-hydrogen) atoms. The second-order valence-corrected chi connectivity index (χ2v) is 4.32. The highest BCUT2D eigenvalue weighted by Crippen LogP contribution is 2.04. The molecule has 0 aliphatic carbocycles. The minimum Gasteiger partial charge on any atom is -0.352 e. The van der Waals surface area contributed by atoms with Crippen molar-refractivity contribution in [3.05, 3.63) is 65.2 Å². The zero-order valence-electron chi connectivity index (χ0n) is 10.7. The first-order valence-electron chi connectivity index (χ1n) is 6.10. The minimum absolute atomic E-state index is 0.163. The molecule has 1 N–H and O–H groups in total. The molecular formula is C15H15FN2O. The number of carbonyl (C=O) groups is 1. The van der Waals surface area contributed by atoms with Gasteiger partial charge in [0.15, 0.2) is 0 Å². The van der Waals surface area contributed by atoms with Gasteiger partial charge in [0, 0.05) is 18.4 Å². The van der Waals surface area contributed by atoms with Crippen molar-refractivity contribution in [2.45, 2.75) is 13.3 Å². The van der Waals surface area contributed by atoms with Crippen LogP contribution in [0.1, 0.15) is 21.6 Å². The Kier molecular flexibility index (Phi) is 4.23. The summed E-state index contributed by atoms with van der Waals surface area (Å²) in [6.45, 7) is 2.34. The van der Waals surface area contributed by atoms with Crippen LogP contribution in [0, 0.1) is 12.7 Å². The van der Waals surface area contributed by atoms with Crippen LogP contribution in [-0.2, 0) is 6.42 Å². The number of rotatable bonds is 4. The van der Waals surface area contributed by atoms with Crippen molar-refractivity contribution in [1.82, 2.24) is 10.3 Å². The molecule has 0 aliphatic heterocycles. The lowest BCUT2D eigenvalue weighted by Gasteiger charge is -2.05. The van der Waals surface area contributed by atoms with Gasteiger partial charge in [0.2, 0.25) is 0 Å². The van der Waals surface area contributed by atoms with Crippen LogP contribution in [0.5, 0.6) is 0 Å². The number of nitrogens with one attached hydrogen (secondary N) is 1. The molecule has 0 saturated heterocycles. The third-order valence-corrected chi connectivity index (χ3v) is 2.76. The van der Waals surface area contributed by atoms with Gasteiger partial charge < -0.3 is 5.32 Å². The van der Waals surface area contributed by atoms with Gasteiger partial charge in [0.1, 0.15) is 5.82 Å². The monoisotopic (exact) mass is 258 g/mol. The standard InChI is InChI=1S/C15H15FN2O/c1-11-5-6-13(10-18-11)15(19)17-8-7-12-3-2-4-14(16)9-12/h2-6,9-10H,7-8H2,1H3,(H,17,19). The van der Waals surface area contributed by atoms with E-state index in [9.17, 15) is 9.18 Å². The topological polar surface area (TPSA) is 42.0 Å². The number of amides is 1. The third kappa shape index (κ3) is 3.88. The fourth-order valence-corrected chi connectivity index (χ4v) is 1.72. The average molecular weight is 258 g/mol. The van der Waals surface area contributed by atoms with Gasteiger partial charge in [-0.1, -0.05) is 12.1 Å². The second-order valence-electron chi connectivity index (χ2n) is 4.32. The van der Waals surface area contributed by atoms with Gasteiger partial charge in [-0.15, -0.1) is 0 Å². The highest BCUT2D eigenvalue weighted by atomic mass is 19.1. The van der Waals surface area contributed by atoms with E-state index in [1.54, 1.807) is 24.4 Å². The summed E-state index contributed by atoms with van der Waals surface area (Å²) < 4.78 is 13.0. The van der Waals surface area contributed by atoms with Crippen LogP contribution in [0.4, 0.5) is 4.39 Å². The predicted octanol–water partition coefficient (Wildman–Crippen LogP) is 2.50. The van der Waals surface area contributed by atoms with E-state index in [2.05, 4.69) is 10.3 Å². The van der Waals surface area contributed by atoms with Gasteiger partial charge in [-0.25, -0.2) is 4.39 Å². The summed E-state index contributed by atoms with van der Waals surface area (Å²) in [5.74, 6) is -0.421. The Morgan fingerprint density at radius 3 is 2.84 bits per heavy atom. The Hall–Kier alpha value is -2.23. The predicted molar refractivity (Wildman–Crippen MR) is 71.4 cm³/mol. The number of benzene rings is 1. The van der Waals surface area contributed by atoms with E-state index >= 15 is 0 Å². The number of nitrogens with zero attached hydrogens (tertiary/aromatic N) is 1. The zero-order chi connectivity index (χ0) is 13.7. The van der Waals surface area contributed by atoms with Gasteiger partial charge in [0.05, 0.1) is 5.56 Å². The van der Waals surface area contributed by atoms with Crippen LogP contribution in [0.3, 0.4) is 0 Å². The zero-order valence-corrected chi connectivity index (χ0v) is 10.7. The molecule has 2 rings (SSSR count). The molecule has 0 atom stereocenters. The van der Waals surface area contributed by atoms with E-state index in [4.69, 9.17) is 0 Å². The molecule has 0 aliphatic rings. The van der Waals surface area contributed by atoms with E-state index in [0.29, 0.717) is 18.5 Å². The molecule has 0 unspecified atom stereocenters. The van der Waals surface area contributed by atoms with Crippen molar-refractivity contribution in [3.63, 3.8) is 0 Å². The Morgan fingerprint density at radius 2 is 2.16 bits per heavy atom. The Balaban J connectivity index is 1.86. The molecule has 0 radical (unpaired) electrons. The van der Waals surface area contributed by atoms with E-state index < -0.39 is 0 Å². The maximum absolute atomic E-state index is 13.0. The summed E-state index contributed by atoms with van der Waals surface area (Å²) >= 11 is 0. The van der Waals surface area contributed by atoms with Crippen LogP contribution in [0.15, 0.2) is 42.6 Å². The first kappa shape index (κ1) is 13.2. The Morgan fingerprint density at radius 1 is 1.32 bits per heavy atom. The van der Waals surface area contributed by atoms with Crippen molar-refractivity contribution in [3.8, 4) is 0 Å². The molecular weight excluding hydrogens is 243 g/mol. The largest absolute Gasteiger partial charge is 0.352 e. The van der Waals surface area contributed by atoms with Gasteiger partial charge in [-0.2, -0.15) is 0 Å². The summed E-state index contributed by atoms with van der Waals surface area (Å²) in [4.78, 5) is 15.9. The number of aromatic nitrogens is 1.